The first-order valence-corrected chi connectivity index (χ1v) is 8.73. The van der Waals surface area contributed by atoms with E-state index in [0.29, 0.717) is 23.8 Å². The summed E-state index contributed by atoms with van der Waals surface area (Å²) in [6.45, 7) is 6.75. The van der Waals surface area contributed by atoms with Gasteiger partial charge in [-0.05, 0) is 53.4 Å². The summed E-state index contributed by atoms with van der Waals surface area (Å²) >= 11 is 5.01. The maximum Gasteiger partial charge on any atom is 0.136 e. The molecule has 0 aromatic heterocycles. The highest BCUT2D eigenvalue weighted by molar-refractivity contribution is 9.12. The van der Waals surface area contributed by atoms with Gasteiger partial charge in [-0.2, -0.15) is 0 Å². The van der Waals surface area contributed by atoms with Gasteiger partial charge in [-0.15, -0.1) is 11.8 Å². The Morgan fingerprint density at radius 3 is 2.81 bits per heavy atom. The van der Waals surface area contributed by atoms with E-state index in [2.05, 4.69) is 22.5 Å². The van der Waals surface area contributed by atoms with Crippen molar-refractivity contribution in [3.8, 4) is 5.75 Å². The van der Waals surface area contributed by atoms with Gasteiger partial charge in [0, 0.05) is 16.7 Å². The average molecular weight is 370 g/mol. The van der Waals surface area contributed by atoms with Crippen LogP contribution in [0.2, 0.25) is 0 Å². The normalized spacial score (nSPS) is 14.9. The minimum absolute atomic E-state index is 0.294. The Hall–Kier alpha value is -1.20. The lowest BCUT2D eigenvalue weighted by atomic mass is 10.0. The Labute approximate surface area is 137 Å². The zero-order chi connectivity index (χ0) is 15.4. The predicted molar refractivity (Wildman–Crippen MR) is 91.9 cm³/mol. The van der Waals surface area contributed by atoms with Crippen molar-refractivity contribution in [2.24, 2.45) is 0 Å². The molecule has 0 saturated heterocycles. The number of ether oxygens (including phenoxy) is 1. The van der Waals surface area contributed by atoms with Gasteiger partial charge in [-0.25, -0.2) is 4.39 Å². The minimum atomic E-state index is -0.294. The molecular weight excluding hydrogens is 353 g/mol. The summed E-state index contributed by atoms with van der Waals surface area (Å²) in [5.74, 6) is 0.738. The van der Waals surface area contributed by atoms with E-state index >= 15 is 0 Å². The Morgan fingerprint density at radius 2 is 2.14 bits per heavy atom. The van der Waals surface area contributed by atoms with Crippen LogP contribution in [0.5, 0.6) is 5.75 Å². The van der Waals surface area contributed by atoms with Gasteiger partial charge in [0.15, 0.2) is 0 Å². The van der Waals surface area contributed by atoms with E-state index in [9.17, 15) is 4.39 Å². The molecule has 1 aromatic rings. The molecule has 0 fully saturated rings. The van der Waals surface area contributed by atoms with Crippen LogP contribution in [0.25, 0.3) is 5.70 Å². The van der Waals surface area contributed by atoms with E-state index in [4.69, 9.17) is 4.74 Å². The van der Waals surface area contributed by atoms with Crippen LogP contribution in [0.4, 0.5) is 4.39 Å². The molecule has 0 saturated carbocycles. The van der Waals surface area contributed by atoms with Crippen molar-refractivity contribution < 1.29 is 9.13 Å². The monoisotopic (exact) mass is 369 g/mol. The molecule has 2 nitrogen and oxygen atoms in total. The largest absolute Gasteiger partial charge is 0.482 e. The molecule has 21 heavy (non-hydrogen) atoms. The summed E-state index contributed by atoms with van der Waals surface area (Å²) in [6.07, 6.45) is 5.71. The van der Waals surface area contributed by atoms with E-state index in [1.165, 1.54) is 6.07 Å². The van der Waals surface area contributed by atoms with Crippen molar-refractivity contribution in [2.75, 3.05) is 18.7 Å². The number of hydrogen-bond donors (Lipinski definition) is 0. The zero-order valence-corrected chi connectivity index (χ0v) is 14.4. The van der Waals surface area contributed by atoms with E-state index in [0.717, 1.165) is 15.9 Å². The average Bonchev–Trinajstić information content (AvgIpc) is 2.48. The third-order valence-corrected chi connectivity index (χ3v) is 4.24. The second kappa shape index (κ2) is 7.18. The summed E-state index contributed by atoms with van der Waals surface area (Å²) in [7, 11) is 0. The van der Waals surface area contributed by atoms with Crippen LogP contribution >= 0.6 is 27.7 Å². The Balaban J connectivity index is 2.52. The van der Waals surface area contributed by atoms with Crippen molar-refractivity contribution in [3.05, 3.63) is 58.5 Å². The summed E-state index contributed by atoms with van der Waals surface area (Å²) in [6, 6.07) is 4.90. The van der Waals surface area contributed by atoms with E-state index in [-0.39, 0.29) is 5.82 Å². The van der Waals surface area contributed by atoms with Crippen molar-refractivity contribution >= 4 is 33.4 Å². The first kappa shape index (κ1) is 16.2. The first-order chi connectivity index (χ1) is 10.1. The summed E-state index contributed by atoms with van der Waals surface area (Å²) in [5, 5.41) is 0. The van der Waals surface area contributed by atoms with Gasteiger partial charge in [-0.1, -0.05) is 12.6 Å². The van der Waals surface area contributed by atoms with Crippen molar-refractivity contribution in [1.29, 1.82) is 0 Å². The topological polar surface area (TPSA) is 12.5 Å². The number of likely N-dealkylation sites (N-methyl/N-ethyl adjacent to an activating group) is 1. The van der Waals surface area contributed by atoms with Crippen LogP contribution in [0, 0.1) is 5.82 Å². The van der Waals surface area contributed by atoms with Crippen LogP contribution in [-0.2, 0) is 0 Å². The lowest BCUT2D eigenvalue weighted by Crippen LogP contribution is -2.23. The van der Waals surface area contributed by atoms with Crippen LogP contribution in [-0.4, -0.2) is 23.6 Å². The number of thioether (sulfide) groups is 1. The molecule has 0 unspecified atom stereocenters. The number of nitrogens with zero attached hydrogens (tertiary/aromatic N) is 1. The summed E-state index contributed by atoms with van der Waals surface area (Å²) in [5.41, 5.74) is 2.06. The van der Waals surface area contributed by atoms with E-state index in [1.807, 2.05) is 30.2 Å². The van der Waals surface area contributed by atoms with Crippen molar-refractivity contribution in [1.82, 2.24) is 4.90 Å². The lowest BCUT2D eigenvalue weighted by molar-refractivity contribution is 0.386. The maximum absolute atomic E-state index is 14.4. The third kappa shape index (κ3) is 3.35. The standard InChI is InChI=1S/C16H17BrFNOS/c1-4-19-11(2)12(17)8-9-14(19)16-13(18)6-5-7-15(16)20-10-21-3/h5-9H,2,4,10H2,1,3H3. The molecule has 0 atom stereocenters. The minimum Gasteiger partial charge on any atom is -0.482 e. The Bertz CT molecular complexity index is 612. The molecule has 0 N–H and O–H groups in total. The van der Waals surface area contributed by atoms with Gasteiger partial charge in [0.05, 0.1) is 11.3 Å². The van der Waals surface area contributed by atoms with Gasteiger partial charge in [0.2, 0.25) is 0 Å². The maximum atomic E-state index is 14.4. The molecular formula is C16H17BrFNOS. The van der Waals surface area contributed by atoms with Crippen LogP contribution < -0.4 is 4.74 Å². The number of benzene rings is 1. The van der Waals surface area contributed by atoms with Crippen molar-refractivity contribution in [3.63, 3.8) is 0 Å². The number of hydrogen-bond acceptors (Lipinski definition) is 3. The number of rotatable bonds is 5. The fourth-order valence-corrected chi connectivity index (χ4v) is 2.78. The molecule has 1 aromatic carbocycles. The molecule has 1 aliphatic heterocycles. The predicted octanol–water partition coefficient (Wildman–Crippen LogP) is 4.99. The third-order valence-electron chi connectivity index (χ3n) is 3.16. The molecule has 2 rings (SSSR count). The molecule has 0 spiro atoms. The number of allylic oxidation sites excluding steroid dienone is 3. The fourth-order valence-electron chi connectivity index (χ4n) is 2.19. The molecule has 0 bridgehead atoms. The summed E-state index contributed by atoms with van der Waals surface area (Å²) < 4.78 is 20.9. The molecule has 112 valence electrons. The highest BCUT2D eigenvalue weighted by Crippen LogP contribution is 2.38. The highest BCUT2D eigenvalue weighted by atomic mass is 79.9. The van der Waals surface area contributed by atoms with E-state index in [1.54, 1.807) is 23.9 Å². The second-order valence-electron chi connectivity index (χ2n) is 4.42. The zero-order valence-electron chi connectivity index (χ0n) is 12.0. The molecule has 0 aliphatic carbocycles. The van der Waals surface area contributed by atoms with Gasteiger partial charge in [0.25, 0.3) is 0 Å². The molecule has 0 amide bonds. The van der Waals surface area contributed by atoms with Gasteiger partial charge < -0.3 is 9.64 Å². The summed E-state index contributed by atoms with van der Waals surface area (Å²) in [4.78, 5) is 1.97. The molecule has 5 heteroatoms. The van der Waals surface area contributed by atoms with E-state index < -0.39 is 0 Å². The van der Waals surface area contributed by atoms with Crippen molar-refractivity contribution in [2.45, 2.75) is 6.92 Å². The smallest absolute Gasteiger partial charge is 0.136 e. The SMILES string of the molecule is C=C1C(Br)=CC=C(c2c(F)cccc2OCSC)N1CC. The van der Waals surface area contributed by atoms with Crippen LogP contribution in [0.1, 0.15) is 12.5 Å². The lowest BCUT2D eigenvalue weighted by Gasteiger charge is -2.31. The van der Waals surface area contributed by atoms with Crippen LogP contribution in [0.15, 0.2) is 47.1 Å². The molecule has 1 aliphatic rings. The first-order valence-electron chi connectivity index (χ1n) is 6.55. The molecule has 0 radical (unpaired) electrons. The Morgan fingerprint density at radius 1 is 1.38 bits per heavy atom. The highest BCUT2D eigenvalue weighted by Gasteiger charge is 2.23. The fraction of sp³-hybridized carbons (Fsp3) is 0.250. The number of halogens is 2. The van der Waals surface area contributed by atoms with Crippen LogP contribution in [0.3, 0.4) is 0 Å². The van der Waals surface area contributed by atoms with Gasteiger partial charge in [0.1, 0.15) is 17.5 Å². The van der Waals surface area contributed by atoms with Gasteiger partial charge in [-0.3, -0.25) is 0 Å². The quantitative estimate of drug-likeness (QED) is 0.678. The Kier molecular flexibility index (Phi) is 5.53. The molecule has 1 heterocycles. The second-order valence-corrected chi connectivity index (χ2v) is 6.09. The van der Waals surface area contributed by atoms with Gasteiger partial charge >= 0.3 is 0 Å².